The van der Waals surface area contributed by atoms with E-state index in [0.29, 0.717) is 19.4 Å². The zero-order valence-corrected chi connectivity index (χ0v) is 11.8. The summed E-state index contributed by atoms with van der Waals surface area (Å²) in [5, 5.41) is 5.70. The number of piperidine rings is 1. The molecule has 0 radical (unpaired) electrons. The van der Waals surface area contributed by atoms with Crippen LogP contribution in [0.5, 0.6) is 0 Å². The van der Waals surface area contributed by atoms with Crippen molar-refractivity contribution in [3.63, 3.8) is 0 Å². The fourth-order valence-corrected chi connectivity index (χ4v) is 2.80. The van der Waals surface area contributed by atoms with Crippen LogP contribution in [0.25, 0.3) is 0 Å². The molecule has 4 nitrogen and oxygen atoms in total. The van der Waals surface area contributed by atoms with Gasteiger partial charge in [0.05, 0.1) is 11.6 Å². The van der Waals surface area contributed by atoms with Crippen molar-refractivity contribution in [2.75, 3.05) is 17.6 Å². The predicted molar refractivity (Wildman–Crippen MR) is 77.2 cm³/mol. The van der Waals surface area contributed by atoms with E-state index >= 15 is 0 Å². The molecule has 1 aromatic carbocycles. The van der Waals surface area contributed by atoms with Crippen LogP contribution in [0.15, 0.2) is 29.2 Å². The first-order valence-corrected chi connectivity index (χ1v) is 7.48. The lowest BCUT2D eigenvalue weighted by Crippen LogP contribution is -2.40. The summed E-state index contributed by atoms with van der Waals surface area (Å²) in [5.41, 5.74) is 0.858. The quantitative estimate of drug-likeness (QED) is 0.831. The molecule has 2 rings (SSSR count). The Bertz CT molecular complexity index is 466. The van der Waals surface area contributed by atoms with Crippen LogP contribution >= 0.6 is 11.8 Å². The first kappa shape index (κ1) is 13.9. The van der Waals surface area contributed by atoms with Gasteiger partial charge in [0.1, 0.15) is 0 Å². The number of hydrogen-bond donors (Lipinski definition) is 2. The fourth-order valence-electron chi connectivity index (χ4n) is 2.04. The number of carbonyl (C=O) groups excluding carboxylic acids is 2. The monoisotopic (exact) mass is 278 g/mol. The lowest BCUT2D eigenvalue weighted by molar-refractivity contribution is -0.126. The van der Waals surface area contributed by atoms with Crippen LogP contribution in [0.1, 0.15) is 19.8 Å². The van der Waals surface area contributed by atoms with Crippen molar-refractivity contribution in [1.29, 1.82) is 0 Å². The third-order valence-electron chi connectivity index (χ3n) is 3.08. The van der Waals surface area contributed by atoms with E-state index in [1.807, 2.05) is 24.3 Å². The Kier molecular flexibility index (Phi) is 4.85. The van der Waals surface area contributed by atoms with Crippen molar-refractivity contribution in [2.24, 2.45) is 5.92 Å². The van der Waals surface area contributed by atoms with Crippen molar-refractivity contribution >= 4 is 29.3 Å². The molecule has 1 saturated heterocycles. The van der Waals surface area contributed by atoms with Crippen LogP contribution in [0.3, 0.4) is 0 Å². The molecule has 0 saturated carbocycles. The first-order chi connectivity index (χ1) is 9.20. The van der Waals surface area contributed by atoms with Gasteiger partial charge in [-0.1, -0.05) is 19.1 Å². The Labute approximate surface area is 117 Å². The van der Waals surface area contributed by atoms with Crippen LogP contribution in [0, 0.1) is 5.92 Å². The molecule has 19 heavy (non-hydrogen) atoms. The van der Waals surface area contributed by atoms with Crippen molar-refractivity contribution in [3.8, 4) is 0 Å². The maximum atomic E-state index is 12.2. The Morgan fingerprint density at radius 3 is 2.95 bits per heavy atom. The van der Waals surface area contributed by atoms with E-state index in [0.717, 1.165) is 16.3 Å². The molecule has 5 heteroatoms. The minimum atomic E-state index is -0.127. The summed E-state index contributed by atoms with van der Waals surface area (Å²) in [7, 11) is 0. The topological polar surface area (TPSA) is 58.2 Å². The molecule has 1 aliphatic rings. The third kappa shape index (κ3) is 3.73. The van der Waals surface area contributed by atoms with E-state index in [9.17, 15) is 9.59 Å². The zero-order valence-electron chi connectivity index (χ0n) is 10.9. The highest BCUT2D eigenvalue weighted by atomic mass is 32.2. The Morgan fingerprint density at radius 1 is 1.47 bits per heavy atom. The van der Waals surface area contributed by atoms with E-state index in [1.165, 1.54) is 0 Å². The van der Waals surface area contributed by atoms with E-state index in [4.69, 9.17) is 0 Å². The molecule has 0 aromatic heterocycles. The van der Waals surface area contributed by atoms with Gasteiger partial charge >= 0.3 is 0 Å². The molecule has 1 unspecified atom stereocenters. The van der Waals surface area contributed by atoms with Crippen LogP contribution in [0.2, 0.25) is 0 Å². The normalized spacial score (nSPS) is 18.8. The number of nitrogens with one attached hydrogen (secondary N) is 2. The molecule has 1 aromatic rings. The van der Waals surface area contributed by atoms with E-state index in [2.05, 4.69) is 17.6 Å². The summed E-state index contributed by atoms with van der Waals surface area (Å²) in [6.07, 6.45) is 1.06. The van der Waals surface area contributed by atoms with E-state index in [-0.39, 0.29) is 17.7 Å². The van der Waals surface area contributed by atoms with E-state index in [1.54, 1.807) is 11.8 Å². The second-order valence-corrected chi connectivity index (χ2v) is 5.76. The van der Waals surface area contributed by atoms with Crippen molar-refractivity contribution < 1.29 is 9.59 Å². The van der Waals surface area contributed by atoms with Crippen LogP contribution in [-0.2, 0) is 9.59 Å². The van der Waals surface area contributed by atoms with Crippen LogP contribution in [0.4, 0.5) is 5.69 Å². The minimum Gasteiger partial charge on any atom is -0.355 e. The fraction of sp³-hybridized carbons (Fsp3) is 0.429. The maximum Gasteiger partial charge on any atom is 0.229 e. The number of carbonyl (C=O) groups is 2. The summed E-state index contributed by atoms with van der Waals surface area (Å²) in [6, 6.07) is 7.80. The van der Waals surface area contributed by atoms with Crippen molar-refractivity contribution in [1.82, 2.24) is 5.32 Å². The smallest absolute Gasteiger partial charge is 0.229 e. The number of rotatable bonds is 4. The average Bonchev–Trinajstić information content (AvgIpc) is 2.42. The molecular formula is C14H18N2O2S. The third-order valence-corrected chi connectivity index (χ3v) is 4.04. The van der Waals surface area contributed by atoms with Gasteiger partial charge < -0.3 is 10.6 Å². The SMILES string of the molecule is CCSc1ccccc1NC(=O)C1CCC(=O)NC1. The number of hydrogen-bond acceptors (Lipinski definition) is 3. The average molecular weight is 278 g/mol. The lowest BCUT2D eigenvalue weighted by Gasteiger charge is -2.22. The van der Waals surface area contributed by atoms with Gasteiger partial charge in [0, 0.05) is 17.9 Å². The Balaban J connectivity index is 2.00. The number of anilines is 1. The molecule has 2 amide bonds. The minimum absolute atomic E-state index is 0.0100. The van der Waals surface area contributed by atoms with Crippen molar-refractivity contribution in [2.45, 2.75) is 24.7 Å². The molecular weight excluding hydrogens is 260 g/mol. The summed E-state index contributed by atoms with van der Waals surface area (Å²) < 4.78 is 0. The highest BCUT2D eigenvalue weighted by molar-refractivity contribution is 7.99. The van der Waals surface area contributed by atoms with Crippen LogP contribution in [-0.4, -0.2) is 24.1 Å². The number of thioether (sulfide) groups is 1. The highest BCUT2D eigenvalue weighted by Crippen LogP contribution is 2.27. The molecule has 1 atom stereocenters. The second kappa shape index (κ2) is 6.61. The van der Waals surface area contributed by atoms with Gasteiger partial charge in [0.15, 0.2) is 0 Å². The van der Waals surface area contributed by atoms with Gasteiger partial charge in [-0.25, -0.2) is 0 Å². The molecule has 0 spiro atoms. The molecule has 0 aliphatic carbocycles. The first-order valence-electron chi connectivity index (χ1n) is 6.50. The molecule has 2 N–H and O–H groups in total. The summed E-state index contributed by atoms with van der Waals surface area (Å²) in [4.78, 5) is 24.3. The lowest BCUT2D eigenvalue weighted by atomic mass is 9.98. The van der Waals surface area contributed by atoms with Gasteiger partial charge in [0.2, 0.25) is 11.8 Å². The number of para-hydroxylation sites is 1. The van der Waals surface area contributed by atoms with Gasteiger partial charge in [-0.2, -0.15) is 0 Å². The maximum absolute atomic E-state index is 12.2. The van der Waals surface area contributed by atoms with Gasteiger partial charge in [-0.3, -0.25) is 9.59 Å². The van der Waals surface area contributed by atoms with Gasteiger partial charge in [-0.05, 0) is 24.3 Å². The molecule has 0 bridgehead atoms. The largest absolute Gasteiger partial charge is 0.355 e. The second-order valence-electron chi connectivity index (χ2n) is 4.46. The Hall–Kier alpha value is -1.49. The van der Waals surface area contributed by atoms with Crippen molar-refractivity contribution in [3.05, 3.63) is 24.3 Å². The summed E-state index contributed by atoms with van der Waals surface area (Å²) >= 11 is 1.71. The Morgan fingerprint density at radius 2 is 2.26 bits per heavy atom. The summed E-state index contributed by atoms with van der Waals surface area (Å²) in [5.74, 6) is 0.861. The molecule has 102 valence electrons. The number of amides is 2. The zero-order chi connectivity index (χ0) is 13.7. The molecule has 1 heterocycles. The van der Waals surface area contributed by atoms with E-state index < -0.39 is 0 Å². The van der Waals surface area contributed by atoms with Crippen LogP contribution < -0.4 is 10.6 Å². The highest BCUT2D eigenvalue weighted by Gasteiger charge is 2.24. The standard InChI is InChI=1S/C14H18N2O2S/c1-2-19-12-6-4-3-5-11(12)16-14(18)10-7-8-13(17)15-9-10/h3-6,10H,2,7-9H2,1H3,(H,15,17)(H,16,18). The van der Waals surface area contributed by atoms with Gasteiger partial charge in [0.25, 0.3) is 0 Å². The summed E-state index contributed by atoms with van der Waals surface area (Å²) in [6.45, 7) is 2.52. The molecule has 1 aliphatic heterocycles. The molecule has 1 fully saturated rings. The predicted octanol–water partition coefficient (Wildman–Crippen LogP) is 2.26. The number of benzene rings is 1. The van der Waals surface area contributed by atoms with Gasteiger partial charge in [-0.15, -0.1) is 11.8 Å².